The van der Waals surface area contributed by atoms with Crippen LogP contribution in [0.5, 0.6) is 0 Å². The number of sulfonamides is 1. The Kier molecular flexibility index (Phi) is 3.85. The van der Waals surface area contributed by atoms with Gasteiger partial charge in [0.05, 0.1) is 12.5 Å². The number of carbonyl (C=O) groups is 1. The zero-order valence-corrected chi connectivity index (χ0v) is 11.0. The van der Waals surface area contributed by atoms with Crippen LogP contribution in [-0.2, 0) is 14.8 Å². The Morgan fingerprint density at radius 1 is 1.40 bits per heavy atom. The Morgan fingerprint density at radius 2 is 2.20 bits per heavy atom. The van der Waals surface area contributed by atoms with Crippen LogP contribution in [0.1, 0.15) is 5.56 Å². The van der Waals surface area contributed by atoms with E-state index in [1.807, 2.05) is 0 Å². The third kappa shape index (κ3) is 3.45. The number of nitrogens with zero attached hydrogens (tertiary/aromatic N) is 1. The van der Waals surface area contributed by atoms with Gasteiger partial charge in [0.15, 0.2) is 5.03 Å². The lowest BCUT2D eigenvalue weighted by molar-refractivity contribution is -0.131. The minimum atomic E-state index is -3.73. The van der Waals surface area contributed by atoms with E-state index in [0.29, 0.717) is 11.3 Å². The van der Waals surface area contributed by atoms with Crippen molar-refractivity contribution in [2.45, 2.75) is 5.03 Å². The minimum Gasteiger partial charge on any atom is -0.478 e. The molecule has 104 valence electrons. The number of aromatic amines is 1. The van der Waals surface area contributed by atoms with Crippen LogP contribution in [0.3, 0.4) is 0 Å². The summed E-state index contributed by atoms with van der Waals surface area (Å²) in [5.41, 5.74) is 0.893. The van der Waals surface area contributed by atoms with Gasteiger partial charge in [-0.1, -0.05) is 12.1 Å². The number of imidazole rings is 1. The summed E-state index contributed by atoms with van der Waals surface area (Å²) in [4.78, 5) is 16.6. The van der Waals surface area contributed by atoms with Crippen molar-refractivity contribution >= 4 is 27.8 Å². The molecule has 0 amide bonds. The van der Waals surface area contributed by atoms with E-state index in [0.717, 1.165) is 6.08 Å². The first-order chi connectivity index (χ1) is 9.47. The SMILES string of the molecule is O=C(O)/C=C/c1cccc(NS(=O)(=O)c2cnc[nH]2)c1. The second-order valence-electron chi connectivity index (χ2n) is 3.82. The average molecular weight is 293 g/mol. The molecule has 0 atom stereocenters. The van der Waals surface area contributed by atoms with Gasteiger partial charge in [-0.3, -0.25) is 4.72 Å². The number of hydrogen-bond donors (Lipinski definition) is 3. The fourth-order valence-corrected chi connectivity index (χ4v) is 2.43. The van der Waals surface area contributed by atoms with Crippen molar-refractivity contribution in [2.24, 2.45) is 0 Å². The number of rotatable bonds is 5. The second kappa shape index (κ2) is 5.57. The van der Waals surface area contributed by atoms with E-state index < -0.39 is 16.0 Å². The van der Waals surface area contributed by atoms with Gasteiger partial charge < -0.3 is 10.1 Å². The number of anilines is 1. The zero-order chi connectivity index (χ0) is 14.6. The fourth-order valence-electron chi connectivity index (χ4n) is 1.47. The number of carboxylic acids is 1. The third-order valence-electron chi connectivity index (χ3n) is 2.32. The molecule has 1 aromatic heterocycles. The molecule has 0 bridgehead atoms. The lowest BCUT2D eigenvalue weighted by atomic mass is 10.2. The molecule has 0 saturated carbocycles. The molecule has 0 aliphatic rings. The van der Waals surface area contributed by atoms with Gasteiger partial charge in [-0.25, -0.2) is 9.78 Å². The minimum absolute atomic E-state index is 0.0519. The van der Waals surface area contributed by atoms with Crippen molar-refractivity contribution < 1.29 is 18.3 Å². The maximum atomic E-state index is 11.9. The quantitative estimate of drug-likeness (QED) is 0.719. The average Bonchev–Trinajstić information content (AvgIpc) is 2.91. The first-order valence-electron chi connectivity index (χ1n) is 5.50. The van der Waals surface area contributed by atoms with Gasteiger partial charge in [0, 0.05) is 11.8 Å². The van der Waals surface area contributed by atoms with Crippen molar-refractivity contribution in [3.05, 3.63) is 48.4 Å². The monoisotopic (exact) mass is 293 g/mol. The van der Waals surface area contributed by atoms with E-state index in [4.69, 9.17) is 5.11 Å². The van der Waals surface area contributed by atoms with Gasteiger partial charge in [0.25, 0.3) is 10.0 Å². The predicted molar refractivity (Wildman–Crippen MR) is 72.5 cm³/mol. The molecule has 0 saturated heterocycles. The van der Waals surface area contributed by atoms with Crippen LogP contribution in [-0.4, -0.2) is 29.5 Å². The smallest absolute Gasteiger partial charge is 0.328 e. The zero-order valence-electron chi connectivity index (χ0n) is 10.1. The summed E-state index contributed by atoms with van der Waals surface area (Å²) in [6, 6.07) is 6.36. The van der Waals surface area contributed by atoms with Crippen LogP contribution in [0, 0.1) is 0 Å². The molecule has 0 unspecified atom stereocenters. The molecule has 0 spiro atoms. The summed E-state index contributed by atoms with van der Waals surface area (Å²) in [5, 5.41) is 8.49. The van der Waals surface area contributed by atoms with Crippen molar-refractivity contribution in [3.63, 3.8) is 0 Å². The fraction of sp³-hybridized carbons (Fsp3) is 0. The van der Waals surface area contributed by atoms with E-state index >= 15 is 0 Å². The van der Waals surface area contributed by atoms with E-state index in [1.165, 1.54) is 24.7 Å². The van der Waals surface area contributed by atoms with Crippen molar-refractivity contribution in [3.8, 4) is 0 Å². The Hall–Kier alpha value is -2.61. The van der Waals surface area contributed by atoms with Crippen molar-refractivity contribution in [1.82, 2.24) is 9.97 Å². The standard InChI is InChI=1S/C12H11N3O4S/c16-12(17)5-4-9-2-1-3-10(6-9)15-20(18,19)11-7-13-8-14-11/h1-8,15H,(H,13,14)(H,16,17)/b5-4+. The van der Waals surface area contributed by atoms with Crippen LogP contribution in [0.15, 0.2) is 47.9 Å². The van der Waals surface area contributed by atoms with E-state index in [2.05, 4.69) is 14.7 Å². The molecule has 8 heteroatoms. The normalized spacial score (nSPS) is 11.6. The number of H-pyrrole nitrogens is 1. The number of carboxylic acid groups (broad SMARTS) is 1. The van der Waals surface area contributed by atoms with Gasteiger partial charge in [-0.2, -0.15) is 8.42 Å². The van der Waals surface area contributed by atoms with Crippen molar-refractivity contribution in [1.29, 1.82) is 0 Å². The molecule has 20 heavy (non-hydrogen) atoms. The Bertz CT molecular complexity index is 736. The molecular formula is C12H11N3O4S. The molecule has 0 fully saturated rings. The molecule has 1 aromatic carbocycles. The van der Waals surface area contributed by atoms with Gasteiger partial charge in [-0.15, -0.1) is 0 Å². The molecule has 2 aromatic rings. The lowest BCUT2D eigenvalue weighted by Gasteiger charge is -2.06. The van der Waals surface area contributed by atoms with Crippen LogP contribution in [0.4, 0.5) is 5.69 Å². The van der Waals surface area contributed by atoms with Crippen LogP contribution in [0.2, 0.25) is 0 Å². The number of benzene rings is 1. The summed E-state index contributed by atoms with van der Waals surface area (Å²) >= 11 is 0. The Balaban J connectivity index is 2.22. The molecule has 3 N–H and O–H groups in total. The van der Waals surface area contributed by atoms with Gasteiger partial charge >= 0.3 is 5.97 Å². The number of nitrogens with one attached hydrogen (secondary N) is 2. The maximum Gasteiger partial charge on any atom is 0.328 e. The number of aromatic nitrogens is 2. The topological polar surface area (TPSA) is 112 Å². The maximum absolute atomic E-state index is 11.9. The highest BCUT2D eigenvalue weighted by atomic mass is 32.2. The molecule has 0 radical (unpaired) electrons. The summed E-state index contributed by atoms with van der Waals surface area (Å²) < 4.78 is 26.3. The van der Waals surface area contributed by atoms with Crippen LogP contribution < -0.4 is 4.72 Å². The second-order valence-corrected chi connectivity index (χ2v) is 5.47. The summed E-state index contributed by atoms with van der Waals surface area (Å²) in [5.74, 6) is -1.08. The van der Waals surface area contributed by atoms with Crippen LogP contribution in [0.25, 0.3) is 6.08 Å². The molecule has 0 aliphatic heterocycles. The molecular weight excluding hydrogens is 282 g/mol. The summed E-state index contributed by atoms with van der Waals surface area (Å²) in [6.45, 7) is 0. The highest BCUT2D eigenvalue weighted by molar-refractivity contribution is 7.92. The highest BCUT2D eigenvalue weighted by Crippen LogP contribution is 2.16. The van der Waals surface area contributed by atoms with E-state index in [9.17, 15) is 13.2 Å². The molecule has 2 rings (SSSR count). The van der Waals surface area contributed by atoms with Crippen LogP contribution >= 0.6 is 0 Å². The molecule has 0 aliphatic carbocycles. The van der Waals surface area contributed by atoms with E-state index in [1.54, 1.807) is 18.2 Å². The predicted octanol–water partition coefficient (Wildman–Crippen LogP) is 1.31. The van der Waals surface area contributed by atoms with Gasteiger partial charge in [0.1, 0.15) is 0 Å². The summed E-state index contributed by atoms with van der Waals surface area (Å²) in [6.07, 6.45) is 4.80. The molecule has 1 heterocycles. The van der Waals surface area contributed by atoms with Crippen molar-refractivity contribution in [2.75, 3.05) is 4.72 Å². The lowest BCUT2D eigenvalue weighted by Crippen LogP contribution is -2.13. The highest BCUT2D eigenvalue weighted by Gasteiger charge is 2.15. The Labute approximate surface area is 115 Å². The number of hydrogen-bond acceptors (Lipinski definition) is 4. The summed E-state index contributed by atoms with van der Waals surface area (Å²) in [7, 11) is -3.73. The number of aliphatic carboxylic acids is 1. The van der Waals surface area contributed by atoms with Gasteiger partial charge in [0.2, 0.25) is 0 Å². The Morgan fingerprint density at radius 3 is 2.85 bits per heavy atom. The molecule has 7 nitrogen and oxygen atoms in total. The van der Waals surface area contributed by atoms with E-state index in [-0.39, 0.29) is 5.03 Å². The largest absolute Gasteiger partial charge is 0.478 e. The first kappa shape index (κ1) is 13.8. The van der Waals surface area contributed by atoms with Gasteiger partial charge in [-0.05, 0) is 23.8 Å². The first-order valence-corrected chi connectivity index (χ1v) is 6.98. The third-order valence-corrected chi connectivity index (χ3v) is 3.63.